The van der Waals surface area contributed by atoms with Gasteiger partial charge < -0.3 is 25.6 Å². The van der Waals surface area contributed by atoms with Crippen LogP contribution in [0.1, 0.15) is 6.92 Å². The fourth-order valence-corrected chi connectivity index (χ4v) is 2.61. The Balaban J connectivity index is 1.83. The summed E-state index contributed by atoms with van der Waals surface area (Å²) in [6, 6.07) is -0.472. The fourth-order valence-electron chi connectivity index (χ4n) is 2.61. The number of nitrogens with two attached hydrogens (primary N) is 1. The first-order valence-electron chi connectivity index (χ1n) is 6.30. The van der Waals surface area contributed by atoms with Gasteiger partial charge in [0.05, 0.1) is 12.9 Å². The third-order valence-electron chi connectivity index (χ3n) is 3.63. The molecular weight excluding hydrogens is 269 g/mol. The van der Waals surface area contributed by atoms with Gasteiger partial charge in [0, 0.05) is 0 Å². The van der Waals surface area contributed by atoms with Gasteiger partial charge in [0.25, 0.3) is 0 Å². The number of nitrogens with zero attached hydrogens (tertiary/aromatic N) is 4. The van der Waals surface area contributed by atoms with Crippen LogP contribution in [0.15, 0.2) is 15.0 Å². The van der Waals surface area contributed by atoms with E-state index in [0.717, 1.165) is 0 Å². The number of halogens is 1. The van der Waals surface area contributed by atoms with Crippen molar-refractivity contribution in [1.82, 2.24) is 4.90 Å². The highest BCUT2D eigenvalue weighted by Crippen LogP contribution is 2.31. The van der Waals surface area contributed by atoms with Crippen molar-refractivity contribution in [2.75, 3.05) is 6.61 Å². The molecule has 0 aromatic carbocycles. The molecule has 0 saturated carbocycles. The van der Waals surface area contributed by atoms with Crippen LogP contribution in [0.5, 0.6) is 0 Å². The number of alkyl halides is 1. The minimum Gasteiger partial charge on any atom is -0.394 e. The van der Waals surface area contributed by atoms with Gasteiger partial charge in [0.15, 0.2) is 18.6 Å². The summed E-state index contributed by atoms with van der Waals surface area (Å²) in [5, 5.41) is 18.7. The molecule has 0 aromatic rings. The third-order valence-corrected chi connectivity index (χ3v) is 3.63. The van der Waals surface area contributed by atoms with Crippen molar-refractivity contribution in [3.8, 4) is 0 Å². The minimum absolute atomic E-state index is 0.314. The lowest BCUT2D eigenvalue weighted by Crippen LogP contribution is -2.51. The van der Waals surface area contributed by atoms with Crippen molar-refractivity contribution >= 4 is 18.0 Å². The molecule has 2 unspecified atom stereocenters. The third kappa shape index (κ3) is 1.89. The molecule has 3 aliphatic heterocycles. The number of hydrogen-bond acceptors (Lipinski definition) is 8. The summed E-state index contributed by atoms with van der Waals surface area (Å²) in [6.45, 7) is 1.23. The molecule has 0 aliphatic carbocycles. The maximum absolute atomic E-state index is 14.1. The lowest BCUT2D eigenvalue weighted by Gasteiger charge is -2.31. The van der Waals surface area contributed by atoms with Crippen LogP contribution < -0.4 is 5.73 Å². The van der Waals surface area contributed by atoms with Gasteiger partial charge in [-0.25, -0.2) is 14.4 Å². The Morgan fingerprint density at radius 3 is 2.95 bits per heavy atom. The molecule has 6 atom stereocenters. The summed E-state index contributed by atoms with van der Waals surface area (Å²) in [6.07, 6.45) is -4.17. The Kier molecular flexibility index (Phi) is 3.19. The first-order valence-corrected chi connectivity index (χ1v) is 6.30. The highest BCUT2D eigenvalue weighted by atomic mass is 19.1. The molecule has 20 heavy (non-hydrogen) atoms. The van der Waals surface area contributed by atoms with E-state index in [9.17, 15) is 9.50 Å². The summed E-state index contributed by atoms with van der Waals surface area (Å²) in [5.74, 6) is 0.792. The summed E-state index contributed by atoms with van der Waals surface area (Å²) in [7, 11) is 0. The largest absolute Gasteiger partial charge is 0.394 e. The molecule has 1 saturated heterocycles. The normalized spacial score (nSPS) is 43.5. The summed E-state index contributed by atoms with van der Waals surface area (Å²) >= 11 is 0. The van der Waals surface area contributed by atoms with Gasteiger partial charge in [0.1, 0.15) is 29.9 Å². The summed E-state index contributed by atoms with van der Waals surface area (Å²) < 4.78 is 19.5. The van der Waals surface area contributed by atoms with E-state index in [0.29, 0.717) is 11.7 Å². The zero-order valence-electron chi connectivity index (χ0n) is 10.8. The zero-order valence-corrected chi connectivity index (χ0v) is 10.8. The molecule has 110 valence electrons. The van der Waals surface area contributed by atoms with Gasteiger partial charge in [-0.15, -0.1) is 0 Å². The van der Waals surface area contributed by atoms with E-state index in [-0.39, 0.29) is 0 Å². The van der Waals surface area contributed by atoms with Crippen LogP contribution in [-0.4, -0.2) is 76.5 Å². The molecule has 0 spiro atoms. The van der Waals surface area contributed by atoms with Crippen LogP contribution >= 0.6 is 0 Å². The molecule has 0 radical (unpaired) electrons. The average Bonchev–Trinajstić information content (AvgIpc) is 2.93. The maximum atomic E-state index is 14.1. The molecule has 9 heteroatoms. The minimum atomic E-state index is -1.66. The highest BCUT2D eigenvalue weighted by Gasteiger charge is 2.50. The van der Waals surface area contributed by atoms with Crippen molar-refractivity contribution in [3.05, 3.63) is 0 Å². The Morgan fingerprint density at radius 2 is 2.30 bits per heavy atom. The van der Waals surface area contributed by atoms with Crippen LogP contribution in [0.3, 0.4) is 0 Å². The monoisotopic (exact) mass is 285 g/mol. The number of aliphatic hydroxyl groups excluding tert-OH is 2. The van der Waals surface area contributed by atoms with Crippen LogP contribution in [0, 0.1) is 0 Å². The van der Waals surface area contributed by atoms with E-state index in [1.807, 2.05) is 0 Å². The summed E-state index contributed by atoms with van der Waals surface area (Å²) in [5.41, 5.74) is 5.79. The number of rotatable bonds is 2. The molecule has 3 aliphatic rings. The van der Waals surface area contributed by atoms with E-state index in [1.165, 1.54) is 11.2 Å². The van der Waals surface area contributed by atoms with Crippen molar-refractivity contribution in [3.63, 3.8) is 0 Å². The Bertz CT molecular complexity index is 496. The second-order valence-electron chi connectivity index (χ2n) is 4.97. The lowest BCUT2D eigenvalue weighted by atomic mass is 10.1. The standard InChI is InChI=1S/C11H16FN5O3/c1-4-15-9(13)7-10(16-4)17(3-14-7)11-6(12)8(19)5(2-18)20-11/h3,5-8,10-11,18-19H,2H2,1H3,(H2,13,15,16)/t5-,6-,7?,8-,10?,11-/m1/s1. The molecule has 8 nitrogen and oxygen atoms in total. The number of hydrogen-bond donors (Lipinski definition) is 3. The van der Waals surface area contributed by atoms with Gasteiger partial charge in [-0.2, -0.15) is 0 Å². The molecule has 3 heterocycles. The summed E-state index contributed by atoms with van der Waals surface area (Å²) in [4.78, 5) is 14.0. The van der Waals surface area contributed by atoms with Crippen LogP contribution in [0.2, 0.25) is 0 Å². The van der Waals surface area contributed by atoms with Gasteiger partial charge in [-0.05, 0) is 6.92 Å². The van der Waals surface area contributed by atoms with Gasteiger partial charge in [-0.1, -0.05) is 0 Å². The van der Waals surface area contributed by atoms with Crippen LogP contribution in [0.25, 0.3) is 0 Å². The van der Waals surface area contributed by atoms with E-state index in [4.69, 9.17) is 15.6 Å². The second kappa shape index (κ2) is 4.76. The first kappa shape index (κ1) is 13.4. The van der Waals surface area contributed by atoms with Crippen molar-refractivity contribution in [2.24, 2.45) is 20.7 Å². The topological polar surface area (TPSA) is 116 Å². The predicted molar refractivity (Wildman–Crippen MR) is 69.3 cm³/mol. The van der Waals surface area contributed by atoms with E-state index < -0.39 is 43.4 Å². The van der Waals surface area contributed by atoms with Gasteiger partial charge >= 0.3 is 0 Å². The Morgan fingerprint density at radius 1 is 1.55 bits per heavy atom. The number of ether oxygens (including phenoxy) is 1. The van der Waals surface area contributed by atoms with Crippen molar-refractivity contribution < 1.29 is 19.3 Å². The molecule has 0 amide bonds. The second-order valence-corrected chi connectivity index (χ2v) is 4.97. The van der Waals surface area contributed by atoms with E-state index >= 15 is 0 Å². The molecule has 1 fully saturated rings. The highest BCUT2D eigenvalue weighted by molar-refractivity contribution is 6.01. The number of aliphatic imine (C=N–C) groups is 3. The van der Waals surface area contributed by atoms with E-state index in [1.54, 1.807) is 6.92 Å². The molecule has 0 bridgehead atoms. The predicted octanol–water partition coefficient (Wildman–Crippen LogP) is -1.77. The quantitative estimate of drug-likeness (QED) is 0.555. The lowest BCUT2D eigenvalue weighted by molar-refractivity contribution is -0.0692. The average molecular weight is 285 g/mol. The van der Waals surface area contributed by atoms with Crippen LogP contribution in [-0.2, 0) is 4.74 Å². The number of amidine groups is 2. The van der Waals surface area contributed by atoms with Gasteiger partial charge in [-0.3, -0.25) is 4.99 Å². The van der Waals surface area contributed by atoms with E-state index in [2.05, 4.69) is 15.0 Å². The SMILES string of the molecule is CC1=NC2C(N=CN2[C@@H]2O[C@H](CO)[C@@H](O)[C@H]2F)C(N)=N1. The first-order chi connectivity index (χ1) is 9.52. The van der Waals surface area contributed by atoms with Crippen LogP contribution in [0.4, 0.5) is 4.39 Å². The maximum Gasteiger partial charge on any atom is 0.173 e. The molecule has 3 rings (SSSR count). The molecule has 0 aromatic heterocycles. The number of aliphatic hydroxyl groups is 2. The smallest absolute Gasteiger partial charge is 0.173 e. The molecule has 4 N–H and O–H groups in total. The number of fused-ring (bicyclic) bond motifs is 1. The Hall–Kier alpha value is -1.58. The zero-order chi connectivity index (χ0) is 14.4. The Labute approximate surface area is 114 Å². The molecular formula is C11H16FN5O3. The van der Waals surface area contributed by atoms with Gasteiger partial charge in [0.2, 0.25) is 0 Å². The van der Waals surface area contributed by atoms with Crippen molar-refractivity contribution in [2.45, 2.75) is 43.7 Å². The van der Waals surface area contributed by atoms with Crippen molar-refractivity contribution in [1.29, 1.82) is 0 Å². The fraction of sp³-hybridized carbons (Fsp3) is 0.727.